The molecule has 3 N–H and O–H groups in total. The highest BCUT2D eigenvalue weighted by atomic mass is 35.5. The van der Waals surface area contributed by atoms with Gasteiger partial charge < -0.3 is 11.1 Å². The highest BCUT2D eigenvalue weighted by molar-refractivity contribution is 6.33. The van der Waals surface area contributed by atoms with Gasteiger partial charge in [-0.25, -0.2) is 9.98 Å². The maximum Gasteiger partial charge on any atom is 0.257 e. The number of aliphatic imine (C=N–C) groups is 1. The molecule has 0 spiro atoms. The van der Waals surface area contributed by atoms with Crippen LogP contribution in [0.15, 0.2) is 17.1 Å². The summed E-state index contributed by atoms with van der Waals surface area (Å²) in [5, 5.41) is 3.52. The molecule has 1 aromatic rings. The minimum atomic E-state index is -0.765. The quantitative estimate of drug-likeness (QED) is 0.509. The van der Waals surface area contributed by atoms with E-state index in [1.165, 1.54) is 49.1 Å². The first-order chi connectivity index (χ1) is 16.3. The summed E-state index contributed by atoms with van der Waals surface area (Å²) in [5.74, 6) is 1.11. The smallest absolute Gasteiger partial charge is 0.257 e. The molecule has 0 radical (unpaired) electrons. The number of pyridine rings is 1. The summed E-state index contributed by atoms with van der Waals surface area (Å²) in [6.07, 6.45) is 12.6. The molecule has 0 aromatic carbocycles. The molecular formula is C25H35Cl2N5O2. The van der Waals surface area contributed by atoms with Crippen molar-refractivity contribution >= 4 is 41.0 Å². The lowest BCUT2D eigenvalue weighted by molar-refractivity contribution is -0.131. The van der Waals surface area contributed by atoms with Gasteiger partial charge in [0.05, 0.1) is 0 Å². The van der Waals surface area contributed by atoms with E-state index >= 15 is 0 Å². The predicted octanol–water partition coefficient (Wildman–Crippen LogP) is 4.95. The normalized spacial score (nSPS) is 28.1. The van der Waals surface area contributed by atoms with E-state index in [0.717, 1.165) is 38.5 Å². The number of amides is 2. The zero-order chi connectivity index (χ0) is 24.3. The summed E-state index contributed by atoms with van der Waals surface area (Å²) in [7, 11) is 1.72. The maximum absolute atomic E-state index is 13.3. The average molecular weight is 508 g/mol. The third-order valence-electron chi connectivity index (χ3n) is 7.84. The number of halogens is 2. The van der Waals surface area contributed by atoms with E-state index in [1.807, 2.05) is 0 Å². The van der Waals surface area contributed by atoms with Crippen molar-refractivity contribution in [3.05, 3.63) is 28.0 Å². The molecule has 2 fully saturated rings. The largest absolute Gasteiger partial charge is 0.369 e. The second kappa shape index (κ2) is 10.8. The van der Waals surface area contributed by atoms with Gasteiger partial charge in [0.25, 0.3) is 11.8 Å². The summed E-state index contributed by atoms with van der Waals surface area (Å²) >= 11 is 11.9. The molecule has 4 rings (SSSR count). The van der Waals surface area contributed by atoms with Gasteiger partial charge in [0.2, 0.25) is 0 Å². The molecule has 0 saturated heterocycles. The molecule has 1 unspecified atom stereocenters. The minimum absolute atomic E-state index is 0.0213. The molecule has 2 saturated carbocycles. The van der Waals surface area contributed by atoms with Gasteiger partial charge in [-0.2, -0.15) is 0 Å². The monoisotopic (exact) mass is 507 g/mol. The van der Waals surface area contributed by atoms with Gasteiger partial charge in [-0.15, -0.1) is 0 Å². The lowest BCUT2D eigenvalue weighted by Crippen LogP contribution is -2.45. The second-order valence-corrected chi connectivity index (χ2v) is 11.1. The number of carbonyl (C=O) groups is 2. The van der Waals surface area contributed by atoms with E-state index in [-0.39, 0.29) is 28.2 Å². The first-order valence-corrected chi connectivity index (χ1v) is 13.3. The van der Waals surface area contributed by atoms with E-state index in [9.17, 15) is 9.59 Å². The third kappa shape index (κ3) is 5.85. The Balaban J connectivity index is 1.42. The van der Waals surface area contributed by atoms with Crippen molar-refractivity contribution in [2.75, 3.05) is 7.05 Å². The number of carbonyl (C=O) groups excluding carboxylic acids is 2. The van der Waals surface area contributed by atoms with E-state index in [4.69, 9.17) is 33.9 Å². The van der Waals surface area contributed by atoms with E-state index in [1.54, 1.807) is 7.05 Å². The van der Waals surface area contributed by atoms with E-state index < -0.39 is 5.54 Å². The van der Waals surface area contributed by atoms with Gasteiger partial charge in [-0.05, 0) is 56.1 Å². The highest BCUT2D eigenvalue weighted by Gasteiger charge is 2.48. The second-order valence-electron chi connectivity index (χ2n) is 10.3. The average Bonchev–Trinajstić information content (AvgIpc) is 3.01. The van der Waals surface area contributed by atoms with Crippen LogP contribution >= 0.6 is 23.2 Å². The van der Waals surface area contributed by atoms with Gasteiger partial charge in [0.15, 0.2) is 5.96 Å². The van der Waals surface area contributed by atoms with Gasteiger partial charge in [-0.1, -0.05) is 68.1 Å². The van der Waals surface area contributed by atoms with Crippen LogP contribution in [0.4, 0.5) is 0 Å². The maximum atomic E-state index is 13.3. The van der Waals surface area contributed by atoms with Crippen molar-refractivity contribution in [2.24, 2.45) is 22.6 Å². The first-order valence-electron chi connectivity index (χ1n) is 12.5. The molecule has 9 heteroatoms. The Labute approximate surface area is 211 Å². The summed E-state index contributed by atoms with van der Waals surface area (Å²) in [6, 6.07) is 3.07. The van der Waals surface area contributed by atoms with Crippen LogP contribution in [0.5, 0.6) is 0 Å². The van der Waals surface area contributed by atoms with Gasteiger partial charge in [-0.3, -0.25) is 14.5 Å². The fourth-order valence-corrected chi connectivity index (χ4v) is 6.49. The number of hydrogen-bond acceptors (Lipinski definition) is 5. The molecule has 2 aliphatic carbocycles. The summed E-state index contributed by atoms with van der Waals surface area (Å²) in [4.78, 5) is 36.3. The van der Waals surface area contributed by atoms with Crippen LogP contribution in [0.3, 0.4) is 0 Å². The van der Waals surface area contributed by atoms with E-state index in [0.29, 0.717) is 29.8 Å². The third-order valence-corrected chi connectivity index (χ3v) is 8.22. The summed E-state index contributed by atoms with van der Waals surface area (Å²) < 4.78 is 0. The molecule has 186 valence electrons. The summed E-state index contributed by atoms with van der Waals surface area (Å²) in [5.41, 5.74) is 5.75. The van der Waals surface area contributed by atoms with Crippen molar-refractivity contribution < 1.29 is 9.59 Å². The van der Waals surface area contributed by atoms with Crippen molar-refractivity contribution in [1.82, 2.24) is 15.2 Å². The first kappa shape index (κ1) is 25.2. The van der Waals surface area contributed by atoms with Crippen molar-refractivity contribution in [3.8, 4) is 0 Å². The Morgan fingerprint density at radius 1 is 1.12 bits per heavy atom. The van der Waals surface area contributed by atoms with Crippen LogP contribution < -0.4 is 11.1 Å². The Morgan fingerprint density at radius 3 is 2.44 bits per heavy atom. The fraction of sp³-hybridized carbons (Fsp3) is 0.680. The Kier molecular flexibility index (Phi) is 8.03. The van der Waals surface area contributed by atoms with Crippen LogP contribution in [0.2, 0.25) is 10.3 Å². The Hall–Kier alpha value is -1.86. The molecule has 34 heavy (non-hydrogen) atoms. The SMILES string of the molecule is CN1C(=O)C(CCC2CCCCC2)(C[C@H]2CCC[C@@H](NC(=O)c3cc(Cl)nc(Cl)c3)C2)N=C1N. The topological polar surface area (TPSA) is 101 Å². The molecule has 3 atom stereocenters. The molecule has 3 aliphatic rings. The molecule has 7 nitrogen and oxygen atoms in total. The van der Waals surface area contributed by atoms with Crippen molar-refractivity contribution in [1.29, 1.82) is 0 Å². The number of nitrogens with zero attached hydrogens (tertiary/aromatic N) is 3. The lowest BCUT2D eigenvalue weighted by atomic mass is 9.74. The van der Waals surface area contributed by atoms with E-state index in [2.05, 4.69) is 10.3 Å². The number of nitrogens with two attached hydrogens (primary N) is 1. The van der Waals surface area contributed by atoms with Gasteiger partial charge in [0.1, 0.15) is 15.8 Å². The number of guanidine groups is 1. The number of likely N-dealkylation sites (N-methyl/N-ethyl adjacent to an activating group) is 1. The van der Waals surface area contributed by atoms with Gasteiger partial charge in [0, 0.05) is 18.7 Å². The van der Waals surface area contributed by atoms with Crippen LogP contribution in [0, 0.1) is 11.8 Å². The number of rotatable bonds is 7. The van der Waals surface area contributed by atoms with Crippen LogP contribution in [-0.4, -0.2) is 46.3 Å². The molecular weight excluding hydrogens is 473 g/mol. The van der Waals surface area contributed by atoms with Crippen molar-refractivity contribution in [2.45, 2.75) is 88.6 Å². The minimum Gasteiger partial charge on any atom is -0.369 e. The van der Waals surface area contributed by atoms with Crippen LogP contribution in [0.1, 0.15) is 87.4 Å². The molecule has 1 aromatic heterocycles. The Morgan fingerprint density at radius 2 is 1.79 bits per heavy atom. The molecule has 2 amide bonds. The molecule has 1 aliphatic heterocycles. The standard InChI is InChI=1S/C25H35Cl2N5O2/c1-32-23(34)25(31-24(32)28,11-10-16-6-3-2-4-7-16)15-17-8-5-9-19(12-17)29-22(33)18-13-20(26)30-21(27)14-18/h13-14,16-17,19H,2-12,15H2,1H3,(H2,28,31)(H,29,33)/t17-,19+,25?/m0/s1. The Bertz CT molecular complexity index is 929. The molecule has 0 bridgehead atoms. The summed E-state index contributed by atoms with van der Waals surface area (Å²) in [6.45, 7) is 0. The zero-order valence-corrected chi connectivity index (χ0v) is 21.4. The predicted molar refractivity (Wildman–Crippen MR) is 135 cm³/mol. The lowest BCUT2D eigenvalue weighted by Gasteiger charge is -2.35. The molecule has 2 heterocycles. The van der Waals surface area contributed by atoms with Crippen molar-refractivity contribution in [3.63, 3.8) is 0 Å². The van der Waals surface area contributed by atoms with Crippen LogP contribution in [0.25, 0.3) is 0 Å². The number of aromatic nitrogens is 1. The van der Waals surface area contributed by atoms with Crippen LogP contribution in [-0.2, 0) is 4.79 Å². The number of hydrogen-bond donors (Lipinski definition) is 2. The highest BCUT2D eigenvalue weighted by Crippen LogP contribution is 2.40. The fourth-order valence-electron chi connectivity index (χ4n) is 6.02. The zero-order valence-electron chi connectivity index (χ0n) is 19.9. The van der Waals surface area contributed by atoms with Gasteiger partial charge >= 0.3 is 0 Å². The number of nitrogens with one attached hydrogen (secondary N) is 1.